The van der Waals surface area contributed by atoms with Crippen LogP contribution < -0.4 is 4.90 Å². The van der Waals surface area contributed by atoms with Crippen LogP contribution in [0, 0.1) is 6.92 Å². The van der Waals surface area contributed by atoms with Crippen LogP contribution in [0.4, 0.5) is 11.4 Å². The monoisotopic (exact) mass is 411 g/mol. The van der Waals surface area contributed by atoms with Crippen molar-refractivity contribution in [3.8, 4) is 0 Å². The molecule has 28 heavy (non-hydrogen) atoms. The fraction of sp³-hybridized carbons (Fsp3) is 0.273. The molecule has 2 aromatic carbocycles. The van der Waals surface area contributed by atoms with Crippen molar-refractivity contribution in [3.05, 3.63) is 63.5 Å². The molecule has 0 aromatic heterocycles. The number of anilines is 1. The number of amides is 1. The average molecular weight is 412 g/mol. The molecule has 2 aliphatic heterocycles. The Kier molecular flexibility index (Phi) is 5.47. The summed E-state index contributed by atoms with van der Waals surface area (Å²) in [7, 11) is 1.74. The van der Waals surface area contributed by atoms with E-state index in [1.54, 1.807) is 18.0 Å². The van der Waals surface area contributed by atoms with Crippen molar-refractivity contribution in [2.24, 2.45) is 4.99 Å². The van der Waals surface area contributed by atoms with Crippen LogP contribution in [0.2, 0.25) is 5.02 Å². The van der Waals surface area contributed by atoms with Gasteiger partial charge in [0.2, 0.25) is 0 Å². The minimum atomic E-state index is -0.0444. The standard InChI is InChI=1S/C22H22ClN3OS/c1-15-13-16(9-10-19(15)26-11-5-6-12-26)14-20-21(27)25(2)22(28-20)24-18-8-4-3-7-17(18)23/h3-4,7-10,13-14H,5-6,11-12H2,1-2H3/b20-14+,24-22?. The van der Waals surface area contributed by atoms with Crippen LogP contribution in [0.5, 0.6) is 0 Å². The average Bonchev–Trinajstić information content (AvgIpc) is 3.29. The molecule has 4 nitrogen and oxygen atoms in total. The van der Waals surface area contributed by atoms with Crippen LogP contribution in [0.15, 0.2) is 52.4 Å². The van der Waals surface area contributed by atoms with E-state index in [2.05, 4.69) is 35.0 Å². The molecule has 0 aliphatic carbocycles. The number of benzene rings is 2. The van der Waals surface area contributed by atoms with Crippen LogP contribution in [0.3, 0.4) is 0 Å². The highest BCUT2D eigenvalue weighted by molar-refractivity contribution is 8.18. The van der Waals surface area contributed by atoms with Crippen molar-refractivity contribution in [2.45, 2.75) is 19.8 Å². The molecule has 0 saturated carbocycles. The van der Waals surface area contributed by atoms with Crippen LogP contribution in [-0.2, 0) is 4.79 Å². The molecule has 4 rings (SSSR count). The van der Waals surface area contributed by atoms with E-state index < -0.39 is 0 Å². The Morgan fingerprint density at radius 1 is 1.14 bits per heavy atom. The maximum atomic E-state index is 12.7. The highest BCUT2D eigenvalue weighted by atomic mass is 35.5. The number of nitrogens with zero attached hydrogens (tertiary/aromatic N) is 3. The molecule has 0 N–H and O–H groups in total. The third-order valence-electron chi connectivity index (χ3n) is 5.04. The number of para-hydroxylation sites is 1. The number of likely N-dealkylation sites (N-methyl/N-ethyl adjacent to an activating group) is 1. The molecule has 1 amide bonds. The lowest BCUT2D eigenvalue weighted by atomic mass is 10.1. The first-order valence-electron chi connectivity index (χ1n) is 9.39. The van der Waals surface area contributed by atoms with Gasteiger partial charge in [0.25, 0.3) is 5.91 Å². The van der Waals surface area contributed by atoms with E-state index >= 15 is 0 Å². The minimum absolute atomic E-state index is 0.0444. The summed E-state index contributed by atoms with van der Waals surface area (Å²) in [5.41, 5.74) is 4.23. The third-order valence-corrected chi connectivity index (χ3v) is 6.42. The molecular formula is C22H22ClN3OS. The number of hydrogen-bond donors (Lipinski definition) is 0. The van der Waals surface area contributed by atoms with E-state index in [4.69, 9.17) is 11.6 Å². The van der Waals surface area contributed by atoms with Crippen molar-refractivity contribution < 1.29 is 4.79 Å². The number of thioether (sulfide) groups is 1. The smallest absolute Gasteiger partial charge is 0.266 e. The van der Waals surface area contributed by atoms with E-state index in [1.807, 2.05) is 24.3 Å². The molecule has 0 atom stereocenters. The van der Waals surface area contributed by atoms with Gasteiger partial charge in [0.1, 0.15) is 0 Å². The topological polar surface area (TPSA) is 35.9 Å². The zero-order valence-electron chi connectivity index (χ0n) is 16.0. The summed E-state index contributed by atoms with van der Waals surface area (Å²) in [4.78, 5) is 21.9. The molecule has 0 unspecified atom stereocenters. The van der Waals surface area contributed by atoms with Gasteiger partial charge in [-0.25, -0.2) is 4.99 Å². The van der Waals surface area contributed by atoms with E-state index in [0.717, 1.165) is 18.7 Å². The van der Waals surface area contributed by atoms with E-state index in [9.17, 15) is 4.79 Å². The molecule has 0 spiro atoms. The third kappa shape index (κ3) is 3.82. The Bertz CT molecular complexity index is 979. The number of amidine groups is 1. The Morgan fingerprint density at radius 2 is 1.89 bits per heavy atom. The lowest BCUT2D eigenvalue weighted by Gasteiger charge is -2.20. The zero-order valence-corrected chi connectivity index (χ0v) is 17.6. The first kappa shape index (κ1) is 19.1. The quantitative estimate of drug-likeness (QED) is 0.627. The second-order valence-corrected chi connectivity index (χ2v) is 8.48. The molecule has 2 aromatic rings. The predicted octanol–water partition coefficient (Wildman–Crippen LogP) is 5.48. The number of aliphatic imine (C=N–C) groups is 1. The number of halogens is 1. The SMILES string of the molecule is Cc1cc(/C=C2/SC(=Nc3ccccc3Cl)N(C)C2=O)ccc1N1CCCC1. The molecule has 2 saturated heterocycles. The fourth-order valence-electron chi connectivity index (χ4n) is 3.53. The van der Waals surface area contributed by atoms with Gasteiger partial charge in [-0.2, -0.15) is 0 Å². The number of rotatable bonds is 3. The van der Waals surface area contributed by atoms with Crippen molar-refractivity contribution in [1.82, 2.24) is 4.90 Å². The fourth-order valence-corrected chi connectivity index (χ4v) is 4.69. The zero-order chi connectivity index (χ0) is 19.7. The molecular weight excluding hydrogens is 390 g/mol. The number of carbonyl (C=O) groups excluding carboxylic acids is 1. The number of carbonyl (C=O) groups is 1. The summed E-state index contributed by atoms with van der Waals surface area (Å²) < 4.78 is 0. The second-order valence-electron chi connectivity index (χ2n) is 7.06. The van der Waals surface area contributed by atoms with Crippen molar-refractivity contribution in [3.63, 3.8) is 0 Å². The van der Waals surface area contributed by atoms with Gasteiger partial charge in [-0.3, -0.25) is 9.69 Å². The Labute approximate surface area is 174 Å². The van der Waals surface area contributed by atoms with E-state index in [-0.39, 0.29) is 5.91 Å². The summed E-state index contributed by atoms with van der Waals surface area (Å²) in [5, 5.41) is 1.21. The van der Waals surface area contributed by atoms with Gasteiger partial charge in [-0.15, -0.1) is 0 Å². The van der Waals surface area contributed by atoms with Gasteiger partial charge in [-0.05, 0) is 73.0 Å². The van der Waals surface area contributed by atoms with Crippen LogP contribution in [-0.4, -0.2) is 36.1 Å². The van der Waals surface area contributed by atoms with Crippen molar-refractivity contribution >= 4 is 51.9 Å². The van der Waals surface area contributed by atoms with Gasteiger partial charge in [0, 0.05) is 25.8 Å². The maximum Gasteiger partial charge on any atom is 0.266 e. The Balaban J connectivity index is 1.59. The van der Waals surface area contributed by atoms with Crippen molar-refractivity contribution in [1.29, 1.82) is 0 Å². The summed E-state index contributed by atoms with van der Waals surface area (Å²) in [6.45, 7) is 4.39. The van der Waals surface area contributed by atoms with Gasteiger partial charge in [0.15, 0.2) is 5.17 Å². The first-order chi connectivity index (χ1) is 13.5. The Morgan fingerprint density at radius 3 is 2.61 bits per heavy atom. The van der Waals surface area contributed by atoms with Crippen molar-refractivity contribution in [2.75, 3.05) is 25.0 Å². The normalized spacial score (nSPS) is 20.0. The highest BCUT2D eigenvalue weighted by Crippen LogP contribution is 2.35. The van der Waals surface area contributed by atoms with Gasteiger partial charge >= 0.3 is 0 Å². The summed E-state index contributed by atoms with van der Waals surface area (Å²) in [6, 6.07) is 13.8. The van der Waals surface area contributed by atoms with Crippen LogP contribution >= 0.6 is 23.4 Å². The molecule has 0 bridgehead atoms. The Hall–Kier alpha value is -2.24. The summed E-state index contributed by atoms with van der Waals surface area (Å²) >= 11 is 7.58. The van der Waals surface area contributed by atoms with Crippen LogP contribution in [0.1, 0.15) is 24.0 Å². The van der Waals surface area contributed by atoms with Crippen LogP contribution in [0.25, 0.3) is 6.08 Å². The lowest BCUT2D eigenvalue weighted by Crippen LogP contribution is -2.23. The number of aryl methyl sites for hydroxylation is 1. The lowest BCUT2D eigenvalue weighted by molar-refractivity contribution is -0.121. The molecule has 2 fully saturated rings. The summed E-state index contributed by atoms with van der Waals surface area (Å²) in [6.07, 6.45) is 4.46. The maximum absolute atomic E-state index is 12.7. The molecule has 6 heteroatoms. The van der Waals surface area contributed by atoms with Gasteiger partial charge in [-0.1, -0.05) is 29.8 Å². The largest absolute Gasteiger partial charge is 0.371 e. The van der Waals surface area contributed by atoms with Gasteiger partial charge < -0.3 is 4.90 Å². The predicted molar refractivity (Wildman–Crippen MR) is 120 cm³/mol. The highest BCUT2D eigenvalue weighted by Gasteiger charge is 2.30. The minimum Gasteiger partial charge on any atom is -0.371 e. The first-order valence-corrected chi connectivity index (χ1v) is 10.6. The van der Waals surface area contributed by atoms with E-state index in [0.29, 0.717) is 20.8 Å². The summed E-state index contributed by atoms with van der Waals surface area (Å²) in [5.74, 6) is -0.0444. The molecule has 144 valence electrons. The van der Waals surface area contributed by atoms with Gasteiger partial charge in [0.05, 0.1) is 15.6 Å². The molecule has 2 aliphatic rings. The number of hydrogen-bond acceptors (Lipinski definition) is 4. The molecule has 0 radical (unpaired) electrons. The second kappa shape index (κ2) is 8.02. The molecule has 2 heterocycles. The van der Waals surface area contributed by atoms with E-state index in [1.165, 1.54) is 35.9 Å².